The summed E-state index contributed by atoms with van der Waals surface area (Å²) in [6, 6.07) is 0. The van der Waals surface area contributed by atoms with Gasteiger partial charge in [0.15, 0.2) is 5.56 Å². The van der Waals surface area contributed by atoms with E-state index in [1.807, 2.05) is 0 Å². The normalized spacial score (nSPS) is 30.0. The average molecular weight is 165 g/mol. The number of hydrogen-bond acceptors (Lipinski definition) is 2. The standard InChI is InChI=1S/C7H13ClO2/c1-9-7(8)6-4-2-3-5-10-6/h6-7H,2-5H2,1H3. The second-order valence-electron chi connectivity index (χ2n) is 2.49. The first-order chi connectivity index (χ1) is 4.84. The molecule has 0 spiro atoms. The van der Waals surface area contributed by atoms with E-state index in [1.165, 1.54) is 6.42 Å². The van der Waals surface area contributed by atoms with Crippen molar-refractivity contribution in [1.29, 1.82) is 0 Å². The van der Waals surface area contributed by atoms with Crippen molar-refractivity contribution in [2.24, 2.45) is 0 Å². The predicted octanol–water partition coefficient (Wildman–Crippen LogP) is 1.77. The van der Waals surface area contributed by atoms with Crippen molar-refractivity contribution in [3.8, 4) is 0 Å². The molecule has 0 amide bonds. The minimum Gasteiger partial charge on any atom is -0.374 e. The van der Waals surface area contributed by atoms with E-state index in [2.05, 4.69) is 0 Å². The van der Waals surface area contributed by atoms with E-state index in [0.29, 0.717) is 0 Å². The van der Waals surface area contributed by atoms with Crippen LogP contribution in [0.2, 0.25) is 0 Å². The molecule has 0 radical (unpaired) electrons. The van der Waals surface area contributed by atoms with Crippen molar-refractivity contribution in [1.82, 2.24) is 0 Å². The van der Waals surface area contributed by atoms with Gasteiger partial charge in [-0.1, -0.05) is 11.6 Å². The number of methoxy groups -OCH3 is 1. The first kappa shape index (κ1) is 8.31. The molecule has 1 rings (SSSR count). The maximum Gasteiger partial charge on any atom is 0.156 e. The number of ether oxygens (including phenoxy) is 2. The minimum absolute atomic E-state index is 0.111. The zero-order valence-corrected chi connectivity index (χ0v) is 6.93. The van der Waals surface area contributed by atoms with E-state index in [9.17, 15) is 0 Å². The quantitative estimate of drug-likeness (QED) is 0.580. The van der Waals surface area contributed by atoms with Crippen molar-refractivity contribution in [2.45, 2.75) is 30.9 Å². The fourth-order valence-electron chi connectivity index (χ4n) is 1.12. The highest BCUT2D eigenvalue weighted by atomic mass is 35.5. The van der Waals surface area contributed by atoms with Crippen molar-refractivity contribution >= 4 is 11.6 Å². The molecule has 2 unspecified atom stereocenters. The molecule has 1 aliphatic rings. The summed E-state index contributed by atoms with van der Waals surface area (Å²) in [5, 5.41) is 0. The smallest absolute Gasteiger partial charge is 0.156 e. The first-order valence-electron chi connectivity index (χ1n) is 3.63. The third-order valence-corrected chi connectivity index (χ3v) is 2.19. The summed E-state index contributed by atoms with van der Waals surface area (Å²) in [6.07, 6.45) is 3.50. The Bertz CT molecular complexity index is 91.6. The van der Waals surface area contributed by atoms with E-state index in [4.69, 9.17) is 21.1 Å². The zero-order valence-electron chi connectivity index (χ0n) is 6.18. The summed E-state index contributed by atoms with van der Waals surface area (Å²) in [7, 11) is 1.61. The van der Waals surface area contributed by atoms with Crippen LogP contribution in [-0.4, -0.2) is 25.4 Å². The molecule has 0 aromatic heterocycles. The van der Waals surface area contributed by atoms with Crippen LogP contribution in [0.1, 0.15) is 19.3 Å². The van der Waals surface area contributed by atoms with Crippen LogP contribution in [-0.2, 0) is 9.47 Å². The lowest BCUT2D eigenvalue weighted by Gasteiger charge is -2.25. The van der Waals surface area contributed by atoms with Gasteiger partial charge < -0.3 is 9.47 Å². The maximum absolute atomic E-state index is 5.80. The minimum atomic E-state index is -0.264. The molecule has 0 aliphatic carbocycles. The zero-order chi connectivity index (χ0) is 7.40. The number of halogens is 1. The summed E-state index contributed by atoms with van der Waals surface area (Å²) in [5.41, 5.74) is -0.264. The van der Waals surface area contributed by atoms with Gasteiger partial charge in [-0.15, -0.1) is 0 Å². The number of alkyl halides is 1. The third-order valence-electron chi connectivity index (χ3n) is 1.73. The van der Waals surface area contributed by atoms with Gasteiger partial charge in [0.2, 0.25) is 0 Å². The molecule has 0 aromatic rings. The fourth-order valence-corrected chi connectivity index (χ4v) is 1.32. The second kappa shape index (κ2) is 4.16. The molecule has 2 atom stereocenters. The van der Waals surface area contributed by atoms with E-state index in [1.54, 1.807) is 7.11 Å². The predicted molar refractivity (Wildman–Crippen MR) is 40.2 cm³/mol. The van der Waals surface area contributed by atoms with Crippen LogP contribution in [0.3, 0.4) is 0 Å². The third kappa shape index (κ3) is 2.11. The Morgan fingerprint density at radius 2 is 2.40 bits per heavy atom. The van der Waals surface area contributed by atoms with Gasteiger partial charge in [0.1, 0.15) is 0 Å². The molecule has 0 saturated carbocycles. The van der Waals surface area contributed by atoms with Crippen LogP contribution in [0, 0.1) is 0 Å². The monoisotopic (exact) mass is 164 g/mol. The molecule has 1 fully saturated rings. The Labute approximate surface area is 66.5 Å². The topological polar surface area (TPSA) is 18.5 Å². The van der Waals surface area contributed by atoms with Crippen molar-refractivity contribution in [3.63, 3.8) is 0 Å². The molecule has 1 heterocycles. The van der Waals surface area contributed by atoms with Gasteiger partial charge in [0, 0.05) is 13.7 Å². The molecule has 10 heavy (non-hydrogen) atoms. The van der Waals surface area contributed by atoms with Crippen LogP contribution < -0.4 is 0 Å². The molecule has 0 N–H and O–H groups in total. The Morgan fingerprint density at radius 1 is 1.60 bits per heavy atom. The van der Waals surface area contributed by atoms with Crippen molar-refractivity contribution in [2.75, 3.05) is 13.7 Å². The molecular weight excluding hydrogens is 152 g/mol. The lowest BCUT2D eigenvalue weighted by atomic mass is 10.1. The Balaban J connectivity index is 2.24. The van der Waals surface area contributed by atoms with Gasteiger partial charge in [-0.25, -0.2) is 0 Å². The highest BCUT2D eigenvalue weighted by Crippen LogP contribution is 2.19. The van der Waals surface area contributed by atoms with Crippen LogP contribution in [0.25, 0.3) is 0 Å². The molecule has 0 aromatic carbocycles. The lowest BCUT2D eigenvalue weighted by molar-refractivity contribution is -0.0459. The highest BCUT2D eigenvalue weighted by Gasteiger charge is 2.21. The fraction of sp³-hybridized carbons (Fsp3) is 1.00. The Hall–Kier alpha value is 0.210. The SMILES string of the molecule is COC(Cl)C1CCCCO1. The molecular formula is C7H13ClO2. The van der Waals surface area contributed by atoms with Gasteiger partial charge in [0.05, 0.1) is 6.10 Å². The summed E-state index contributed by atoms with van der Waals surface area (Å²) < 4.78 is 10.3. The van der Waals surface area contributed by atoms with Gasteiger partial charge in [-0.05, 0) is 19.3 Å². The lowest BCUT2D eigenvalue weighted by Crippen LogP contribution is -2.29. The van der Waals surface area contributed by atoms with Gasteiger partial charge in [-0.2, -0.15) is 0 Å². The summed E-state index contributed by atoms with van der Waals surface area (Å²) >= 11 is 5.80. The van der Waals surface area contributed by atoms with Crippen LogP contribution in [0.15, 0.2) is 0 Å². The molecule has 1 aliphatic heterocycles. The highest BCUT2D eigenvalue weighted by molar-refractivity contribution is 6.20. The number of hydrogen-bond donors (Lipinski definition) is 0. The molecule has 60 valence electrons. The largest absolute Gasteiger partial charge is 0.374 e. The Morgan fingerprint density at radius 3 is 2.90 bits per heavy atom. The molecule has 2 nitrogen and oxygen atoms in total. The van der Waals surface area contributed by atoms with E-state index in [0.717, 1.165) is 19.4 Å². The Kier molecular flexibility index (Phi) is 3.46. The summed E-state index contributed by atoms with van der Waals surface area (Å²) in [4.78, 5) is 0. The molecule has 3 heteroatoms. The van der Waals surface area contributed by atoms with E-state index in [-0.39, 0.29) is 11.7 Å². The van der Waals surface area contributed by atoms with Gasteiger partial charge in [-0.3, -0.25) is 0 Å². The van der Waals surface area contributed by atoms with E-state index >= 15 is 0 Å². The van der Waals surface area contributed by atoms with Crippen molar-refractivity contribution in [3.05, 3.63) is 0 Å². The second-order valence-corrected chi connectivity index (χ2v) is 2.92. The van der Waals surface area contributed by atoms with Crippen LogP contribution in [0.4, 0.5) is 0 Å². The van der Waals surface area contributed by atoms with Gasteiger partial charge in [0.25, 0.3) is 0 Å². The van der Waals surface area contributed by atoms with Crippen molar-refractivity contribution < 1.29 is 9.47 Å². The summed E-state index contributed by atoms with van der Waals surface area (Å²) in [6.45, 7) is 0.831. The van der Waals surface area contributed by atoms with Gasteiger partial charge >= 0.3 is 0 Å². The number of rotatable bonds is 2. The summed E-state index contributed by atoms with van der Waals surface area (Å²) in [5.74, 6) is 0. The van der Waals surface area contributed by atoms with Crippen LogP contribution in [0.5, 0.6) is 0 Å². The average Bonchev–Trinajstić information content (AvgIpc) is 2.05. The first-order valence-corrected chi connectivity index (χ1v) is 4.06. The van der Waals surface area contributed by atoms with E-state index < -0.39 is 0 Å². The van der Waals surface area contributed by atoms with Crippen LogP contribution >= 0.6 is 11.6 Å². The maximum atomic E-state index is 5.80. The molecule has 0 bridgehead atoms. The molecule has 1 saturated heterocycles.